The number of anilines is 2. The van der Waals surface area contributed by atoms with Crippen LogP contribution in [0.25, 0.3) is 0 Å². The molecule has 0 amide bonds. The van der Waals surface area contributed by atoms with E-state index in [0.717, 1.165) is 26.1 Å². The summed E-state index contributed by atoms with van der Waals surface area (Å²) in [5.74, 6) is 1.14. The Balaban J connectivity index is 2.88. The molecule has 0 unspecified atom stereocenters. The molecular formula is C13H25N5O2. The summed E-state index contributed by atoms with van der Waals surface area (Å²) in [4.78, 5) is 15.0. The van der Waals surface area contributed by atoms with Crippen LogP contribution in [0.1, 0.15) is 33.6 Å². The fourth-order valence-corrected chi connectivity index (χ4v) is 1.60. The molecule has 1 rings (SSSR count). The fraction of sp³-hybridized carbons (Fsp3) is 0.769. The van der Waals surface area contributed by atoms with Crippen molar-refractivity contribution >= 4 is 11.9 Å². The van der Waals surface area contributed by atoms with E-state index in [9.17, 15) is 0 Å². The molecule has 20 heavy (non-hydrogen) atoms. The lowest BCUT2D eigenvalue weighted by Gasteiger charge is -2.19. The van der Waals surface area contributed by atoms with Gasteiger partial charge in [0.25, 0.3) is 0 Å². The van der Waals surface area contributed by atoms with Crippen molar-refractivity contribution < 1.29 is 9.84 Å². The average molecular weight is 283 g/mol. The van der Waals surface area contributed by atoms with Gasteiger partial charge in [-0.05, 0) is 20.3 Å². The van der Waals surface area contributed by atoms with Gasteiger partial charge in [-0.25, -0.2) is 0 Å². The molecule has 7 heteroatoms. The van der Waals surface area contributed by atoms with Gasteiger partial charge >= 0.3 is 6.01 Å². The predicted octanol–water partition coefficient (Wildman–Crippen LogP) is 1.30. The smallest absolute Gasteiger partial charge is 0.323 e. The van der Waals surface area contributed by atoms with Crippen LogP contribution < -0.4 is 15.0 Å². The summed E-state index contributed by atoms with van der Waals surface area (Å²) >= 11 is 0. The lowest BCUT2D eigenvalue weighted by Crippen LogP contribution is -2.25. The number of aliphatic hydroxyl groups excluding tert-OH is 1. The van der Waals surface area contributed by atoms with Crippen molar-refractivity contribution in [1.82, 2.24) is 15.0 Å². The van der Waals surface area contributed by atoms with E-state index in [1.165, 1.54) is 0 Å². The van der Waals surface area contributed by atoms with Crippen LogP contribution in [0.5, 0.6) is 6.01 Å². The maximum Gasteiger partial charge on any atom is 0.323 e. The van der Waals surface area contributed by atoms with Crippen molar-refractivity contribution in [3.8, 4) is 6.01 Å². The summed E-state index contributed by atoms with van der Waals surface area (Å²) in [6.07, 6.45) is 1.55. The topological polar surface area (TPSA) is 83.4 Å². The molecule has 7 nitrogen and oxygen atoms in total. The molecule has 2 N–H and O–H groups in total. The first-order chi connectivity index (χ1) is 9.74. The SMILES string of the molecule is CCCNc1nc(OCCCO)nc(N(CC)CC)n1. The highest BCUT2D eigenvalue weighted by Gasteiger charge is 2.11. The minimum absolute atomic E-state index is 0.0922. The molecule has 0 aliphatic carbocycles. The van der Waals surface area contributed by atoms with Gasteiger partial charge in [-0.3, -0.25) is 0 Å². The van der Waals surface area contributed by atoms with Crippen LogP contribution in [0.2, 0.25) is 0 Å². The standard InChI is InChI=1S/C13H25N5O2/c1-4-8-14-11-15-12(18(5-2)6-3)17-13(16-11)20-10-7-9-19/h19H,4-10H2,1-3H3,(H,14,15,16,17). The van der Waals surface area contributed by atoms with Crippen molar-refractivity contribution in [2.45, 2.75) is 33.6 Å². The van der Waals surface area contributed by atoms with E-state index in [4.69, 9.17) is 9.84 Å². The van der Waals surface area contributed by atoms with E-state index in [2.05, 4.69) is 41.0 Å². The second-order valence-electron chi connectivity index (χ2n) is 4.27. The largest absolute Gasteiger partial charge is 0.463 e. The van der Waals surface area contributed by atoms with E-state index >= 15 is 0 Å². The number of nitrogens with zero attached hydrogens (tertiary/aromatic N) is 4. The molecule has 0 saturated heterocycles. The Kier molecular flexibility index (Phi) is 7.64. The molecular weight excluding hydrogens is 258 g/mol. The molecule has 0 saturated carbocycles. The second kappa shape index (κ2) is 9.30. The zero-order chi connectivity index (χ0) is 14.8. The Hall–Kier alpha value is -1.63. The lowest BCUT2D eigenvalue weighted by molar-refractivity contribution is 0.224. The maximum atomic E-state index is 8.78. The first-order valence-corrected chi connectivity index (χ1v) is 7.23. The Morgan fingerprint density at radius 2 is 1.90 bits per heavy atom. The molecule has 0 spiro atoms. The van der Waals surface area contributed by atoms with Crippen LogP contribution in [-0.4, -0.2) is 52.9 Å². The molecule has 1 aromatic heterocycles. The monoisotopic (exact) mass is 283 g/mol. The van der Waals surface area contributed by atoms with Crippen LogP contribution in [-0.2, 0) is 0 Å². The van der Waals surface area contributed by atoms with Gasteiger partial charge in [0.2, 0.25) is 11.9 Å². The minimum atomic E-state index is 0.0922. The first kappa shape index (κ1) is 16.4. The van der Waals surface area contributed by atoms with Crippen LogP contribution in [0.3, 0.4) is 0 Å². The van der Waals surface area contributed by atoms with Gasteiger partial charge in [0.15, 0.2) is 0 Å². The number of aromatic nitrogens is 3. The van der Waals surface area contributed by atoms with E-state index in [1.807, 2.05) is 4.90 Å². The maximum absolute atomic E-state index is 8.78. The normalized spacial score (nSPS) is 10.4. The quantitative estimate of drug-likeness (QED) is 0.626. The Bertz CT molecular complexity index is 385. The van der Waals surface area contributed by atoms with Gasteiger partial charge in [-0.1, -0.05) is 6.92 Å². The zero-order valence-corrected chi connectivity index (χ0v) is 12.6. The summed E-state index contributed by atoms with van der Waals surface area (Å²) in [7, 11) is 0. The predicted molar refractivity (Wildman–Crippen MR) is 79.4 cm³/mol. The minimum Gasteiger partial charge on any atom is -0.463 e. The number of nitrogens with one attached hydrogen (secondary N) is 1. The Morgan fingerprint density at radius 1 is 1.15 bits per heavy atom. The molecule has 0 aromatic carbocycles. The number of hydrogen-bond acceptors (Lipinski definition) is 7. The van der Waals surface area contributed by atoms with E-state index < -0.39 is 0 Å². The molecule has 0 fully saturated rings. The lowest BCUT2D eigenvalue weighted by atomic mass is 10.5. The van der Waals surface area contributed by atoms with Crippen molar-refractivity contribution in [2.75, 3.05) is 43.1 Å². The molecule has 0 aliphatic rings. The van der Waals surface area contributed by atoms with Crippen LogP contribution in [0.4, 0.5) is 11.9 Å². The summed E-state index contributed by atoms with van der Waals surface area (Å²) in [5.41, 5.74) is 0. The van der Waals surface area contributed by atoms with Gasteiger partial charge in [0.1, 0.15) is 0 Å². The average Bonchev–Trinajstić information content (AvgIpc) is 2.47. The van der Waals surface area contributed by atoms with Gasteiger partial charge in [0.05, 0.1) is 6.61 Å². The number of ether oxygens (including phenoxy) is 1. The highest BCUT2D eigenvalue weighted by Crippen LogP contribution is 2.15. The third-order valence-electron chi connectivity index (χ3n) is 2.72. The molecule has 0 aliphatic heterocycles. The first-order valence-electron chi connectivity index (χ1n) is 7.23. The van der Waals surface area contributed by atoms with Crippen LogP contribution in [0, 0.1) is 0 Å². The zero-order valence-electron chi connectivity index (χ0n) is 12.6. The van der Waals surface area contributed by atoms with E-state index in [0.29, 0.717) is 30.9 Å². The van der Waals surface area contributed by atoms with Crippen molar-refractivity contribution in [2.24, 2.45) is 0 Å². The Labute approximate surface area is 120 Å². The molecule has 1 aromatic rings. The van der Waals surface area contributed by atoms with Gasteiger partial charge in [-0.2, -0.15) is 15.0 Å². The van der Waals surface area contributed by atoms with Crippen LogP contribution >= 0.6 is 0 Å². The van der Waals surface area contributed by atoms with Crippen molar-refractivity contribution in [1.29, 1.82) is 0 Å². The van der Waals surface area contributed by atoms with E-state index in [-0.39, 0.29) is 6.61 Å². The second-order valence-corrected chi connectivity index (χ2v) is 4.27. The van der Waals surface area contributed by atoms with Crippen molar-refractivity contribution in [3.63, 3.8) is 0 Å². The van der Waals surface area contributed by atoms with Crippen molar-refractivity contribution in [3.05, 3.63) is 0 Å². The fourth-order valence-electron chi connectivity index (χ4n) is 1.60. The number of rotatable bonds is 10. The van der Waals surface area contributed by atoms with Gasteiger partial charge in [0, 0.05) is 32.7 Å². The number of aliphatic hydroxyl groups is 1. The molecule has 0 bridgehead atoms. The molecule has 0 atom stereocenters. The molecule has 114 valence electrons. The van der Waals surface area contributed by atoms with Gasteiger partial charge in [-0.15, -0.1) is 0 Å². The van der Waals surface area contributed by atoms with E-state index in [1.54, 1.807) is 0 Å². The summed E-state index contributed by atoms with van der Waals surface area (Å²) in [5, 5.41) is 11.9. The van der Waals surface area contributed by atoms with Gasteiger partial charge < -0.3 is 20.1 Å². The summed E-state index contributed by atoms with van der Waals surface area (Å²) in [6, 6.07) is 0.300. The summed E-state index contributed by atoms with van der Waals surface area (Å²) < 4.78 is 5.46. The third kappa shape index (κ3) is 5.16. The highest BCUT2D eigenvalue weighted by molar-refractivity contribution is 5.38. The third-order valence-corrected chi connectivity index (χ3v) is 2.72. The molecule has 1 heterocycles. The highest BCUT2D eigenvalue weighted by atomic mass is 16.5. The number of hydrogen-bond donors (Lipinski definition) is 2. The summed E-state index contributed by atoms with van der Waals surface area (Å²) in [6.45, 7) is 9.13. The molecule has 0 radical (unpaired) electrons. The Morgan fingerprint density at radius 3 is 2.50 bits per heavy atom. The van der Waals surface area contributed by atoms with Crippen LogP contribution in [0.15, 0.2) is 0 Å².